The van der Waals surface area contributed by atoms with Gasteiger partial charge in [-0.25, -0.2) is 0 Å². The molecular weight excluding hydrogens is 314 g/mol. The maximum Gasteiger partial charge on any atom is 0.225 e. The molecular formula is C20H37N3O2. The summed E-state index contributed by atoms with van der Waals surface area (Å²) in [6, 6.07) is 0. The number of rotatable bonds is 6. The van der Waals surface area contributed by atoms with Crippen LogP contribution in [0.4, 0.5) is 0 Å². The predicted molar refractivity (Wildman–Crippen MR) is 101 cm³/mol. The molecule has 0 radical (unpaired) electrons. The molecule has 2 N–H and O–H groups in total. The molecule has 1 saturated heterocycles. The van der Waals surface area contributed by atoms with Gasteiger partial charge in [0.15, 0.2) is 0 Å². The molecule has 1 saturated carbocycles. The molecule has 1 heterocycles. The zero-order valence-electron chi connectivity index (χ0n) is 16.5. The standard InChI is InChI=1S/C20H37N3O2/c1-19(2,3)18(25)21-13-10-17(24)22-16-20(11-6-4-7-12-20)23-14-8-5-9-15-23/h4-16H2,1-3H3,(H,21,25)(H,22,24). The largest absolute Gasteiger partial charge is 0.355 e. The van der Waals surface area contributed by atoms with Crippen molar-refractivity contribution in [3.8, 4) is 0 Å². The maximum absolute atomic E-state index is 12.3. The summed E-state index contributed by atoms with van der Waals surface area (Å²) >= 11 is 0. The topological polar surface area (TPSA) is 61.4 Å². The summed E-state index contributed by atoms with van der Waals surface area (Å²) in [5, 5.41) is 6.03. The van der Waals surface area contributed by atoms with Gasteiger partial charge in [0.1, 0.15) is 0 Å². The Labute approximate surface area is 153 Å². The monoisotopic (exact) mass is 351 g/mol. The Kier molecular flexibility index (Phi) is 7.29. The SMILES string of the molecule is CC(C)(C)C(=O)NCCC(=O)NCC1(N2CCCCC2)CCCCC1. The fraction of sp³-hybridized carbons (Fsp3) is 0.900. The van der Waals surface area contributed by atoms with Gasteiger partial charge in [-0.3, -0.25) is 14.5 Å². The van der Waals surface area contributed by atoms with Crippen LogP contribution in [0.25, 0.3) is 0 Å². The highest BCUT2D eigenvalue weighted by molar-refractivity contribution is 5.82. The van der Waals surface area contributed by atoms with Crippen molar-refractivity contribution in [2.75, 3.05) is 26.2 Å². The number of piperidine rings is 1. The molecule has 0 aromatic carbocycles. The molecule has 0 spiro atoms. The van der Waals surface area contributed by atoms with E-state index >= 15 is 0 Å². The molecule has 2 fully saturated rings. The Morgan fingerprint density at radius 3 is 2.12 bits per heavy atom. The minimum Gasteiger partial charge on any atom is -0.355 e. The molecule has 25 heavy (non-hydrogen) atoms. The van der Waals surface area contributed by atoms with Crippen LogP contribution in [0.3, 0.4) is 0 Å². The lowest BCUT2D eigenvalue weighted by Crippen LogP contribution is -2.58. The molecule has 1 aliphatic heterocycles. The fourth-order valence-electron chi connectivity index (χ4n) is 4.09. The molecule has 2 rings (SSSR count). The molecule has 5 nitrogen and oxygen atoms in total. The Morgan fingerprint density at radius 1 is 0.920 bits per heavy atom. The van der Waals surface area contributed by atoms with E-state index in [-0.39, 0.29) is 17.4 Å². The van der Waals surface area contributed by atoms with E-state index in [1.54, 1.807) is 0 Å². The van der Waals surface area contributed by atoms with Gasteiger partial charge in [-0.05, 0) is 38.8 Å². The third-order valence-electron chi connectivity index (χ3n) is 5.74. The molecule has 0 atom stereocenters. The number of carbonyl (C=O) groups excluding carboxylic acids is 2. The van der Waals surface area contributed by atoms with Gasteiger partial charge >= 0.3 is 0 Å². The van der Waals surface area contributed by atoms with Crippen molar-refractivity contribution in [1.29, 1.82) is 0 Å². The second kappa shape index (κ2) is 9.02. The summed E-state index contributed by atoms with van der Waals surface area (Å²) in [5.41, 5.74) is -0.236. The van der Waals surface area contributed by atoms with Crippen molar-refractivity contribution in [3.05, 3.63) is 0 Å². The van der Waals surface area contributed by atoms with E-state index in [9.17, 15) is 9.59 Å². The van der Waals surface area contributed by atoms with E-state index in [0.717, 1.165) is 6.54 Å². The van der Waals surface area contributed by atoms with Crippen molar-refractivity contribution in [1.82, 2.24) is 15.5 Å². The maximum atomic E-state index is 12.3. The number of nitrogens with one attached hydrogen (secondary N) is 2. The van der Waals surface area contributed by atoms with Crippen LogP contribution in [0, 0.1) is 5.41 Å². The van der Waals surface area contributed by atoms with Gasteiger partial charge in [-0.1, -0.05) is 46.5 Å². The van der Waals surface area contributed by atoms with E-state index in [0.29, 0.717) is 13.0 Å². The van der Waals surface area contributed by atoms with Gasteiger partial charge in [0, 0.05) is 30.5 Å². The smallest absolute Gasteiger partial charge is 0.225 e. The van der Waals surface area contributed by atoms with Crippen LogP contribution in [0.15, 0.2) is 0 Å². The summed E-state index contributed by atoms with van der Waals surface area (Å²) in [5.74, 6) is 0.0496. The number of nitrogens with zero attached hydrogens (tertiary/aromatic N) is 1. The molecule has 0 aromatic heterocycles. The van der Waals surface area contributed by atoms with Gasteiger partial charge in [0.25, 0.3) is 0 Å². The summed E-state index contributed by atoms with van der Waals surface area (Å²) in [7, 11) is 0. The van der Waals surface area contributed by atoms with Crippen molar-refractivity contribution < 1.29 is 9.59 Å². The number of amides is 2. The number of likely N-dealkylation sites (tertiary alicyclic amines) is 1. The quantitative estimate of drug-likeness (QED) is 0.773. The fourth-order valence-corrected chi connectivity index (χ4v) is 4.09. The minimum atomic E-state index is -0.406. The van der Waals surface area contributed by atoms with Crippen molar-refractivity contribution in [2.45, 2.75) is 84.1 Å². The molecule has 1 aliphatic carbocycles. The van der Waals surface area contributed by atoms with E-state index in [2.05, 4.69) is 15.5 Å². The minimum absolute atomic E-state index is 0.00244. The van der Waals surface area contributed by atoms with Crippen LogP contribution in [-0.2, 0) is 9.59 Å². The molecule has 144 valence electrons. The lowest BCUT2D eigenvalue weighted by atomic mass is 9.79. The average Bonchev–Trinajstić information content (AvgIpc) is 2.60. The molecule has 2 aliphatic rings. The van der Waals surface area contributed by atoms with E-state index in [1.807, 2.05) is 20.8 Å². The van der Waals surface area contributed by atoms with Gasteiger partial charge in [-0.2, -0.15) is 0 Å². The average molecular weight is 352 g/mol. The summed E-state index contributed by atoms with van der Waals surface area (Å²) in [4.78, 5) is 26.8. The van der Waals surface area contributed by atoms with Crippen molar-refractivity contribution >= 4 is 11.8 Å². The Bertz CT molecular complexity index is 444. The Hall–Kier alpha value is -1.10. The highest BCUT2D eigenvalue weighted by atomic mass is 16.2. The zero-order chi connectivity index (χ0) is 18.3. The Balaban J connectivity index is 1.79. The van der Waals surface area contributed by atoms with Crippen LogP contribution in [-0.4, -0.2) is 48.4 Å². The third-order valence-corrected chi connectivity index (χ3v) is 5.74. The molecule has 2 amide bonds. The Morgan fingerprint density at radius 2 is 1.52 bits per heavy atom. The lowest BCUT2D eigenvalue weighted by Gasteiger charge is -2.48. The lowest BCUT2D eigenvalue weighted by molar-refractivity contribution is -0.128. The number of hydrogen-bond donors (Lipinski definition) is 2. The van der Waals surface area contributed by atoms with Crippen molar-refractivity contribution in [3.63, 3.8) is 0 Å². The van der Waals surface area contributed by atoms with E-state index < -0.39 is 5.41 Å². The zero-order valence-corrected chi connectivity index (χ0v) is 16.5. The van der Waals surface area contributed by atoms with Gasteiger partial charge in [-0.15, -0.1) is 0 Å². The highest BCUT2D eigenvalue weighted by Crippen LogP contribution is 2.35. The van der Waals surface area contributed by atoms with E-state index in [4.69, 9.17) is 0 Å². The number of carbonyl (C=O) groups is 2. The first-order chi connectivity index (χ1) is 11.8. The summed E-state index contributed by atoms with van der Waals surface area (Å²) < 4.78 is 0. The van der Waals surface area contributed by atoms with Gasteiger partial charge in [0.2, 0.25) is 11.8 Å². The first kappa shape index (κ1) is 20.2. The molecule has 0 aromatic rings. The molecule has 0 bridgehead atoms. The normalized spacial score (nSPS) is 21.6. The first-order valence-corrected chi connectivity index (χ1v) is 10.1. The van der Waals surface area contributed by atoms with Crippen LogP contribution >= 0.6 is 0 Å². The summed E-state index contributed by atoms with van der Waals surface area (Å²) in [6.45, 7) is 9.18. The van der Waals surface area contributed by atoms with Crippen molar-refractivity contribution in [2.24, 2.45) is 5.41 Å². The van der Waals surface area contributed by atoms with Crippen LogP contribution < -0.4 is 10.6 Å². The van der Waals surface area contributed by atoms with Crippen LogP contribution in [0.1, 0.15) is 78.6 Å². The first-order valence-electron chi connectivity index (χ1n) is 10.1. The molecule has 0 unspecified atom stereocenters. The second-order valence-corrected chi connectivity index (χ2v) is 8.87. The van der Waals surface area contributed by atoms with Gasteiger partial charge < -0.3 is 10.6 Å². The van der Waals surface area contributed by atoms with Crippen LogP contribution in [0.2, 0.25) is 0 Å². The van der Waals surface area contributed by atoms with Crippen LogP contribution in [0.5, 0.6) is 0 Å². The second-order valence-electron chi connectivity index (χ2n) is 8.87. The predicted octanol–water partition coefficient (Wildman–Crippen LogP) is 2.84. The molecule has 5 heteroatoms. The number of hydrogen-bond acceptors (Lipinski definition) is 3. The highest BCUT2D eigenvalue weighted by Gasteiger charge is 2.38. The van der Waals surface area contributed by atoms with E-state index in [1.165, 1.54) is 64.5 Å². The third kappa shape index (κ3) is 5.98. The van der Waals surface area contributed by atoms with Gasteiger partial charge in [0.05, 0.1) is 0 Å². The summed E-state index contributed by atoms with van der Waals surface area (Å²) in [6.07, 6.45) is 10.5.